The number of carbonyl (C=O) groups is 1. The highest BCUT2D eigenvalue weighted by atomic mass is 79.9. The molecule has 0 bridgehead atoms. The third-order valence-electron chi connectivity index (χ3n) is 2.60. The molecule has 1 aromatic heterocycles. The van der Waals surface area contributed by atoms with E-state index in [2.05, 4.69) is 27.0 Å². The van der Waals surface area contributed by atoms with Gasteiger partial charge in [0.05, 0.1) is 12.3 Å². The van der Waals surface area contributed by atoms with Gasteiger partial charge in [-0.05, 0) is 31.5 Å². The number of esters is 1. The fraction of sp³-hybridized carbons (Fsp3) is 0.286. The average molecular weight is 340 g/mol. The van der Waals surface area contributed by atoms with Crippen molar-refractivity contribution in [1.29, 1.82) is 0 Å². The van der Waals surface area contributed by atoms with Crippen molar-refractivity contribution in [3.8, 4) is 0 Å². The van der Waals surface area contributed by atoms with Crippen LogP contribution in [0.15, 0.2) is 28.7 Å². The van der Waals surface area contributed by atoms with E-state index in [4.69, 9.17) is 4.74 Å². The van der Waals surface area contributed by atoms with Crippen molar-refractivity contribution in [3.05, 3.63) is 49.9 Å². The Labute approximate surface area is 124 Å². The molecule has 0 fully saturated rings. The molecule has 0 saturated carbocycles. The number of hydrogen-bond donors (Lipinski definition) is 0. The van der Waals surface area contributed by atoms with Gasteiger partial charge in [0.2, 0.25) is 5.01 Å². The van der Waals surface area contributed by atoms with Gasteiger partial charge in [-0.3, -0.25) is 0 Å². The molecule has 1 heterocycles. The van der Waals surface area contributed by atoms with Gasteiger partial charge in [-0.25, -0.2) is 9.78 Å². The van der Waals surface area contributed by atoms with Crippen LogP contribution in [0.4, 0.5) is 0 Å². The average Bonchev–Trinajstić information content (AvgIpc) is 2.71. The van der Waals surface area contributed by atoms with Crippen molar-refractivity contribution < 1.29 is 9.53 Å². The number of aryl methyl sites for hydroxylation is 1. The molecule has 0 aliphatic rings. The number of thiazole rings is 1. The molecule has 0 aliphatic carbocycles. The van der Waals surface area contributed by atoms with Gasteiger partial charge in [0, 0.05) is 15.8 Å². The highest BCUT2D eigenvalue weighted by Gasteiger charge is 2.15. The Morgan fingerprint density at radius 2 is 2.26 bits per heavy atom. The maximum absolute atomic E-state index is 11.6. The number of halogens is 1. The van der Waals surface area contributed by atoms with E-state index in [1.165, 1.54) is 11.3 Å². The smallest absolute Gasteiger partial charge is 0.367 e. The maximum Gasteiger partial charge on any atom is 0.367 e. The lowest BCUT2D eigenvalue weighted by Crippen LogP contribution is -2.04. The lowest BCUT2D eigenvalue weighted by Gasteiger charge is -2.00. The van der Waals surface area contributed by atoms with E-state index in [-0.39, 0.29) is 5.97 Å². The fourth-order valence-corrected chi connectivity index (χ4v) is 2.98. The van der Waals surface area contributed by atoms with Crippen LogP contribution in [-0.4, -0.2) is 17.6 Å². The Balaban J connectivity index is 2.19. The predicted molar refractivity (Wildman–Crippen MR) is 79.8 cm³/mol. The van der Waals surface area contributed by atoms with E-state index < -0.39 is 0 Å². The summed E-state index contributed by atoms with van der Waals surface area (Å²) < 4.78 is 6.01. The van der Waals surface area contributed by atoms with Crippen molar-refractivity contribution in [3.63, 3.8) is 0 Å². The van der Waals surface area contributed by atoms with Gasteiger partial charge in [-0.2, -0.15) is 0 Å². The summed E-state index contributed by atoms with van der Waals surface area (Å²) in [6.45, 7) is 4.15. The highest BCUT2D eigenvalue weighted by Crippen LogP contribution is 2.22. The number of ether oxygens (including phenoxy) is 1. The van der Waals surface area contributed by atoms with Gasteiger partial charge in [-0.15, -0.1) is 11.3 Å². The molecule has 3 nitrogen and oxygen atoms in total. The van der Waals surface area contributed by atoms with Crippen molar-refractivity contribution in [2.24, 2.45) is 0 Å². The zero-order valence-corrected chi connectivity index (χ0v) is 13.2. The minimum Gasteiger partial charge on any atom is -0.461 e. The van der Waals surface area contributed by atoms with Crippen LogP contribution in [0.25, 0.3) is 0 Å². The molecular formula is C14H14BrNO2S. The summed E-state index contributed by atoms with van der Waals surface area (Å²) in [5, 5.41) is 0.435. The predicted octanol–water partition coefficient (Wildman–Crippen LogP) is 3.98. The molecule has 0 amide bonds. The first-order chi connectivity index (χ1) is 9.10. The van der Waals surface area contributed by atoms with E-state index in [1.54, 1.807) is 6.92 Å². The van der Waals surface area contributed by atoms with Crippen LogP contribution in [0.2, 0.25) is 0 Å². The van der Waals surface area contributed by atoms with Crippen molar-refractivity contribution >= 4 is 33.2 Å². The Hall–Kier alpha value is -1.20. The van der Waals surface area contributed by atoms with Crippen LogP contribution in [0.5, 0.6) is 0 Å². The molecule has 0 N–H and O–H groups in total. The third-order valence-corrected chi connectivity index (χ3v) is 4.09. The number of nitrogens with zero attached hydrogens (tertiary/aromatic N) is 1. The monoisotopic (exact) mass is 339 g/mol. The summed E-state index contributed by atoms with van der Waals surface area (Å²) in [6, 6.07) is 8.09. The van der Waals surface area contributed by atoms with E-state index >= 15 is 0 Å². The SMILES string of the molecule is CCOC(=O)c1nc(Cc2cccc(Br)c2)c(C)s1. The second kappa shape index (κ2) is 6.30. The molecule has 0 saturated heterocycles. The summed E-state index contributed by atoms with van der Waals surface area (Å²) in [7, 11) is 0. The summed E-state index contributed by atoms with van der Waals surface area (Å²) in [6.07, 6.45) is 0.723. The summed E-state index contributed by atoms with van der Waals surface area (Å²) in [5.74, 6) is -0.337. The van der Waals surface area contributed by atoms with Crippen LogP contribution in [-0.2, 0) is 11.2 Å². The maximum atomic E-state index is 11.6. The lowest BCUT2D eigenvalue weighted by atomic mass is 10.1. The number of carbonyl (C=O) groups excluding carboxylic acids is 1. The molecule has 1 aromatic carbocycles. The number of rotatable bonds is 4. The first-order valence-electron chi connectivity index (χ1n) is 5.98. The summed E-state index contributed by atoms with van der Waals surface area (Å²) in [5.41, 5.74) is 2.10. The molecule has 0 radical (unpaired) electrons. The zero-order chi connectivity index (χ0) is 13.8. The topological polar surface area (TPSA) is 39.2 Å². The Morgan fingerprint density at radius 1 is 1.47 bits per heavy atom. The molecule has 0 aliphatic heterocycles. The van der Waals surface area contributed by atoms with Gasteiger partial charge in [0.15, 0.2) is 0 Å². The van der Waals surface area contributed by atoms with E-state index in [0.717, 1.165) is 27.0 Å². The third kappa shape index (κ3) is 3.64. The van der Waals surface area contributed by atoms with Gasteiger partial charge in [0.25, 0.3) is 0 Å². The van der Waals surface area contributed by atoms with Crippen LogP contribution in [0, 0.1) is 6.92 Å². The van der Waals surface area contributed by atoms with Crippen molar-refractivity contribution in [2.45, 2.75) is 20.3 Å². The molecule has 2 rings (SSSR count). The van der Waals surface area contributed by atoms with E-state index in [1.807, 2.05) is 25.1 Å². The quantitative estimate of drug-likeness (QED) is 0.791. The standard InChI is InChI=1S/C14H14BrNO2S/c1-3-18-14(17)13-16-12(9(2)19-13)8-10-5-4-6-11(15)7-10/h4-7H,3,8H2,1-2H3. The highest BCUT2D eigenvalue weighted by molar-refractivity contribution is 9.10. The van der Waals surface area contributed by atoms with Gasteiger partial charge in [-0.1, -0.05) is 28.1 Å². The van der Waals surface area contributed by atoms with E-state index in [9.17, 15) is 4.79 Å². The van der Waals surface area contributed by atoms with Crippen LogP contribution < -0.4 is 0 Å². The summed E-state index contributed by atoms with van der Waals surface area (Å²) >= 11 is 4.84. The molecule has 19 heavy (non-hydrogen) atoms. The first kappa shape index (κ1) is 14.2. The minimum absolute atomic E-state index is 0.337. The Kier molecular flexibility index (Phi) is 4.71. The van der Waals surface area contributed by atoms with Gasteiger partial charge in [0.1, 0.15) is 0 Å². The van der Waals surface area contributed by atoms with Crippen molar-refractivity contribution in [2.75, 3.05) is 6.61 Å². The van der Waals surface area contributed by atoms with Crippen LogP contribution >= 0.6 is 27.3 Å². The normalized spacial score (nSPS) is 10.5. The molecule has 0 spiro atoms. The number of aromatic nitrogens is 1. The Bertz CT molecular complexity index is 595. The molecule has 5 heteroatoms. The van der Waals surface area contributed by atoms with Gasteiger partial charge < -0.3 is 4.74 Å². The van der Waals surface area contributed by atoms with Gasteiger partial charge >= 0.3 is 5.97 Å². The zero-order valence-electron chi connectivity index (χ0n) is 10.8. The first-order valence-corrected chi connectivity index (χ1v) is 7.59. The second-order valence-electron chi connectivity index (χ2n) is 4.05. The van der Waals surface area contributed by atoms with Crippen LogP contribution in [0.3, 0.4) is 0 Å². The largest absolute Gasteiger partial charge is 0.461 e. The molecule has 0 atom stereocenters. The number of hydrogen-bond acceptors (Lipinski definition) is 4. The van der Waals surface area contributed by atoms with E-state index in [0.29, 0.717) is 11.6 Å². The lowest BCUT2D eigenvalue weighted by molar-refractivity contribution is 0.0525. The molecular weight excluding hydrogens is 326 g/mol. The van der Waals surface area contributed by atoms with Crippen LogP contribution in [0.1, 0.15) is 32.9 Å². The molecule has 100 valence electrons. The molecule has 0 unspecified atom stereocenters. The number of benzene rings is 1. The fourth-order valence-electron chi connectivity index (χ4n) is 1.71. The Morgan fingerprint density at radius 3 is 2.95 bits per heavy atom. The minimum atomic E-state index is -0.337. The second-order valence-corrected chi connectivity index (χ2v) is 6.17. The van der Waals surface area contributed by atoms with Crippen molar-refractivity contribution in [1.82, 2.24) is 4.98 Å². The molecule has 2 aromatic rings. The summed E-state index contributed by atoms with van der Waals surface area (Å²) in [4.78, 5) is 17.1.